The molecule has 1 saturated heterocycles. The van der Waals surface area contributed by atoms with E-state index >= 15 is 0 Å². The molecule has 1 heterocycles. The van der Waals surface area contributed by atoms with Gasteiger partial charge in [-0.05, 0) is 52.0 Å². The maximum Gasteiger partial charge on any atom is 0.481 e. The SMILES string of the molecule is COC[C@@H](NC(=O)O)C(=O)N[C@@H](CCOc1ccc(F)cc1)B1OC(C)(C)C(C)(C)O1. The van der Waals surface area contributed by atoms with Gasteiger partial charge in [-0.3, -0.25) is 4.79 Å². The molecule has 9 nitrogen and oxygen atoms in total. The van der Waals surface area contributed by atoms with Crippen molar-refractivity contribution in [2.24, 2.45) is 0 Å². The van der Waals surface area contributed by atoms with E-state index in [2.05, 4.69) is 10.6 Å². The summed E-state index contributed by atoms with van der Waals surface area (Å²) in [6.45, 7) is 7.60. The maximum absolute atomic E-state index is 13.1. The molecule has 2 rings (SSSR count). The fourth-order valence-electron chi connectivity index (χ4n) is 2.95. The molecule has 1 aromatic carbocycles. The molecule has 0 saturated carbocycles. The highest BCUT2D eigenvalue weighted by Crippen LogP contribution is 2.37. The largest absolute Gasteiger partial charge is 0.494 e. The number of carboxylic acid groups (broad SMARTS) is 1. The van der Waals surface area contributed by atoms with Crippen LogP contribution in [-0.2, 0) is 18.8 Å². The molecule has 2 atom stereocenters. The third-order valence-electron chi connectivity index (χ3n) is 5.39. The minimum absolute atomic E-state index is 0.139. The van der Waals surface area contributed by atoms with Crippen molar-refractivity contribution in [3.63, 3.8) is 0 Å². The van der Waals surface area contributed by atoms with E-state index in [1.807, 2.05) is 27.7 Å². The van der Waals surface area contributed by atoms with Gasteiger partial charge in [0.25, 0.3) is 0 Å². The molecule has 0 bridgehead atoms. The first-order chi connectivity index (χ1) is 14.4. The molecular formula is C20H30BFN2O7. The number of hydrogen-bond acceptors (Lipinski definition) is 6. The zero-order valence-electron chi connectivity index (χ0n) is 18.4. The minimum atomic E-state index is -1.34. The molecule has 3 N–H and O–H groups in total. The van der Waals surface area contributed by atoms with Crippen LogP contribution in [-0.4, -0.2) is 67.7 Å². The molecule has 0 spiro atoms. The predicted octanol–water partition coefficient (Wildman–Crippen LogP) is 1.99. The van der Waals surface area contributed by atoms with Crippen molar-refractivity contribution in [1.82, 2.24) is 10.6 Å². The zero-order chi connectivity index (χ0) is 23.2. The van der Waals surface area contributed by atoms with Crippen LogP contribution in [0.2, 0.25) is 0 Å². The van der Waals surface area contributed by atoms with Gasteiger partial charge >= 0.3 is 13.2 Å². The Balaban J connectivity index is 2.10. The number of ether oxygens (including phenoxy) is 2. The fourth-order valence-corrected chi connectivity index (χ4v) is 2.95. The Bertz CT molecular complexity index is 744. The normalized spacial score (nSPS) is 18.8. The van der Waals surface area contributed by atoms with Gasteiger partial charge in [-0.2, -0.15) is 0 Å². The Morgan fingerprint density at radius 2 is 1.71 bits per heavy atom. The lowest BCUT2D eigenvalue weighted by molar-refractivity contribution is -0.124. The van der Waals surface area contributed by atoms with Crippen LogP contribution in [0.1, 0.15) is 34.1 Å². The highest BCUT2D eigenvalue weighted by atomic mass is 19.1. The number of benzene rings is 1. The average molecular weight is 440 g/mol. The van der Waals surface area contributed by atoms with Crippen molar-refractivity contribution in [3.8, 4) is 5.75 Å². The summed E-state index contributed by atoms with van der Waals surface area (Å²) in [4.78, 5) is 23.7. The number of halogens is 1. The van der Waals surface area contributed by atoms with Crippen LogP contribution in [0.15, 0.2) is 24.3 Å². The Labute approximate surface area is 181 Å². The van der Waals surface area contributed by atoms with Crippen LogP contribution < -0.4 is 15.4 Å². The molecule has 0 radical (unpaired) electrons. The number of hydrogen-bond donors (Lipinski definition) is 3. The number of carbonyl (C=O) groups excluding carboxylic acids is 1. The minimum Gasteiger partial charge on any atom is -0.494 e. The number of amides is 2. The monoisotopic (exact) mass is 440 g/mol. The first kappa shape index (κ1) is 24.9. The summed E-state index contributed by atoms with van der Waals surface area (Å²) in [7, 11) is 0.588. The molecule has 0 unspecified atom stereocenters. The van der Waals surface area contributed by atoms with Gasteiger partial charge in [-0.25, -0.2) is 9.18 Å². The quantitative estimate of drug-likeness (QED) is 0.477. The Morgan fingerprint density at radius 3 is 2.23 bits per heavy atom. The van der Waals surface area contributed by atoms with Gasteiger partial charge in [-0.1, -0.05) is 0 Å². The van der Waals surface area contributed by atoms with Gasteiger partial charge in [0.2, 0.25) is 5.91 Å². The van der Waals surface area contributed by atoms with E-state index in [1.54, 1.807) is 0 Å². The zero-order valence-corrected chi connectivity index (χ0v) is 18.4. The predicted molar refractivity (Wildman–Crippen MR) is 111 cm³/mol. The van der Waals surface area contributed by atoms with Gasteiger partial charge in [0.1, 0.15) is 17.6 Å². The summed E-state index contributed by atoms with van der Waals surface area (Å²) in [5.41, 5.74) is -1.24. The lowest BCUT2D eigenvalue weighted by Crippen LogP contribution is -2.56. The highest BCUT2D eigenvalue weighted by Gasteiger charge is 2.54. The van der Waals surface area contributed by atoms with Gasteiger partial charge in [0.05, 0.1) is 30.4 Å². The van der Waals surface area contributed by atoms with Gasteiger partial charge in [0, 0.05) is 13.5 Å². The third-order valence-corrected chi connectivity index (χ3v) is 5.39. The van der Waals surface area contributed by atoms with Crippen molar-refractivity contribution in [3.05, 3.63) is 30.1 Å². The molecule has 11 heteroatoms. The van der Waals surface area contributed by atoms with Crippen molar-refractivity contribution in [1.29, 1.82) is 0 Å². The maximum atomic E-state index is 13.1. The molecule has 0 aromatic heterocycles. The topological polar surface area (TPSA) is 115 Å². The molecule has 31 heavy (non-hydrogen) atoms. The van der Waals surface area contributed by atoms with Crippen LogP contribution >= 0.6 is 0 Å². The molecule has 1 fully saturated rings. The summed E-state index contributed by atoms with van der Waals surface area (Å²) in [5.74, 6) is -1.11. The molecule has 2 amide bonds. The van der Waals surface area contributed by atoms with Crippen molar-refractivity contribution < 1.29 is 37.9 Å². The number of methoxy groups -OCH3 is 1. The van der Waals surface area contributed by atoms with E-state index in [4.69, 9.17) is 23.9 Å². The molecular weight excluding hydrogens is 410 g/mol. The molecule has 172 valence electrons. The summed E-state index contributed by atoms with van der Waals surface area (Å²) >= 11 is 0. The van der Waals surface area contributed by atoms with Crippen molar-refractivity contribution >= 4 is 19.1 Å². The number of carbonyl (C=O) groups is 2. The molecule has 1 aliphatic heterocycles. The smallest absolute Gasteiger partial charge is 0.481 e. The summed E-state index contributed by atoms with van der Waals surface area (Å²) in [5, 5.41) is 13.9. The van der Waals surface area contributed by atoms with E-state index in [0.29, 0.717) is 12.2 Å². The first-order valence-electron chi connectivity index (χ1n) is 9.98. The van der Waals surface area contributed by atoms with Gasteiger partial charge in [0.15, 0.2) is 0 Å². The van der Waals surface area contributed by atoms with E-state index in [9.17, 15) is 14.0 Å². The molecule has 1 aliphatic rings. The summed E-state index contributed by atoms with van der Waals surface area (Å²) in [6.07, 6.45) is -1.05. The van der Waals surface area contributed by atoms with Crippen LogP contribution in [0, 0.1) is 5.82 Å². The number of nitrogens with one attached hydrogen (secondary N) is 2. The van der Waals surface area contributed by atoms with E-state index in [1.165, 1.54) is 31.4 Å². The molecule has 0 aliphatic carbocycles. The Morgan fingerprint density at radius 1 is 1.13 bits per heavy atom. The van der Waals surface area contributed by atoms with Crippen molar-refractivity contribution in [2.45, 2.75) is 57.3 Å². The Hall–Kier alpha value is -2.37. The van der Waals surface area contributed by atoms with Crippen LogP contribution in [0.5, 0.6) is 5.75 Å². The van der Waals surface area contributed by atoms with E-state index < -0.39 is 42.3 Å². The van der Waals surface area contributed by atoms with Gasteiger partial charge < -0.3 is 34.5 Å². The van der Waals surface area contributed by atoms with Crippen molar-refractivity contribution in [2.75, 3.05) is 20.3 Å². The average Bonchev–Trinajstić information content (AvgIpc) is 2.89. The van der Waals surface area contributed by atoms with Gasteiger partial charge in [-0.15, -0.1) is 0 Å². The Kier molecular flexibility index (Phi) is 8.27. The van der Waals surface area contributed by atoms with E-state index in [-0.39, 0.29) is 19.0 Å². The second-order valence-corrected chi connectivity index (χ2v) is 8.29. The molecule has 1 aromatic rings. The first-order valence-corrected chi connectivity index (χ1v) is 9.98. The summed E-state index contributed by atoms with van der Waals surface area (Å²) < 4.78 is 35.8. The second-order valence-electron chi connectivity index (χ2n) is 8.29. The highest BCUT2D eigenvalue weighted by molar-refractivity contribution is 6.48. The van der Waals surface area contributed by atoms with E-state index in [0.717, 1.165) is 0 Å². The standard InChI is InChI=1S/C20H30BFN2O7/c1-19(2)20(3,4)31-21(30-19)16(10-11-29-14-8-6-13(22)7-9-14)24-17(25)15(12-28-5)23-18(26)27/h6-9,15-16,23H,10-12H2,1-5H3,(H,24,25)(H,26,27)/t15-,16+/m1/s1. The van der Waals surface area contributed by atoms with Crippen LogP contribution in [0.4, 0.5) is 9.18 Å². The second kappa shape index (κ2) is 10.3. The lowest BCUT2D eigenvalue weighted by Gasteiger charge is -2.32. The third kappa shape index (κ3) is 6.81. The fraction of sp³-hybridized carbons (Fsp3) is 0.600. The van der Waals surface area contributed by atoms with Crippen LogP contribution in [0.25, 0.3) is 0 Å². The lowest BCUT2D eigenvalue weighted by atomic mass is 9.76. The number of rotatable bonds is 10. The summed E-state index contributed by atoms with van der Waals surface area (Å²) in [6, 6.07) is 4.47. The van der Waals surface area contributed by atoms with Crippen LogP contribution in [0.3, 0.4) is 0 Å².